The van der Waals surface area contributed by atoms with E-state index in [4.69, 9.17) is 4.74 Å². The lowest BCUT2D eigenvalue weighted by Gasteiger charge is -2.29. The molecule has 1 aliphatic rings. The van der Waals surface area contributed by atoms with Crippen molar-refractivity contribution in [3.05, 3.63) is 65.7 Å². The summed E-state index contributed by atoms with van der Waals surface area (Å²) in [6, 6.07) is 15.4. The van der Waals surface area contributed by atoms with Crippen molar-refractivity contribution in [1.29, 1.82) is 0 Å². The second-order valence-electron chi connectivity index (χ2n) is 7.17. The van der Waals surface area contributed by atoms with Gasteiger partial charge in [0.25, 0.3) is 5.91 Å². The number of aldehydes is 1. The predicted octanol–water partition coefficient (Wildman–Crippen LogP) is 3.09. The van der Waals surface area contributed by atoms with E-state index in [1.807, 2.05) is 68.4 Å². The molecule has 1 aliphatic heterocycles. The third-order valence-electron chi connectivity index (χ3n) is 4.83. The smallest absolute Gasteiger partial charge is 0.408 e. The Kier molecular flexibility index (Phi) is 6.09. The first-order valence-corrected chi connectivity index (χ1v) is 9.34. The fraction of sp³-hybridized carbons (Fsp3) is 0.318. The Morgan fingerprint density at radius 2 is 1.82 bits per heavy atom. The van der Waals surface area contributed by atoms with Crippen LogP contribution in [0, 0.1) is 5.92 Å². The number of amides is 2. The van der Waals surface area contributed by atoms with Gasteiger partial charge in [0.2, 0.25) is 0 Å². The normalized spacial score (nSPS) is 16.4. The summed E-state index contributed by atoms with van der Waals surface area (Å²) >= 11 is 0. The average molecular weight is 380 g/mol. The molecule has 1 heterocycles. The van der Waals surface area contributed by atoms with Crippen LogP contribution in [0.25, 0.3) is 0 Å². The van der Waals surface area contributed by atoms with Crippen LogP contribution in [0.2, 0.25) is 0 Å². The number of fused-ring (bicyclic) bond motifs is 1. The van der Waals surface area contributed by atoms with Gasteiger partial charge in [-0.3, -0.25) is 9.69 Å². The standard InChI is InChI=1S/C22H24N2O4/c1-15(2)20(23-22(27)28-14-16-8-4-3-5-9-16)21(26)24-18(13-25)12-17-10-6-7-11-19(17)24/h3-11,13,15,18,20H,12,14H2,1-2H3,(H,23,27). The molecule has 0 radical (unpaired) electrons. The van der Waals surface area contributed by atoms with E-state index in [2.05, 4.69) is 5.32 Å². The van der Waals surface area contributed by atoms with E-state index in [9.17, 15) is 14.4 Å². The topological polar surface area (TPSA) is 75.7 Å². The Morgan fingerprint density at radius 3 is 2.50 bits per heavy atom. The second-order valence-corrected chi connectivity index (χ2v) is 7.17. The van der Waals surface area contributed by atoms with Crippen molar-refractivity contribution < 1.29 is 19.1 Å². The molecular formula is C22H24N2O4. The number of carbonyl (C=O) groups is 3. The monoisotopic (exact) mass is 380 g/mol. The van der Waals surface area contributed by atoms with Crippen LogP contribution >= 0.6 is 0 Å². The fourth-order valence-electron chi connectivity index (χ4n) is 3.36. The van der Waals surface area contributed by atoms with Gasteiger partial charge in [-0.2, -0.15) is 0 Å². The van der Waals surface area contributed by atoms with E-state index in [0.29, 0.717) is 6.42 Å². The highest BCUT2D eigenvalue weighted by molar-refractivity contribution is 6.03. The number of nitrogens with zero attached hydrogens (tertiary/aromatic N) is 1. The molecule has 1 N–H and O–H groups in total. The number of hydrogen-bond donors (Lipinski definition) is 1. The van der Waals surface area contributed by atoms with Crippen LogP contribution in [-0.4, -0.2) is 30.4 Å². The lowest BCUT2D eigenvalue weighted by molar-refractivity contribution is -0.123. The summed E-state index contributed by atoms with van der Waals surface area (Å²) in [5, 5.41) is 2.67. The number of hydrogen-bond acceptors (Lipinski definition) is 4. The molecule has 146 valence electrons. The Labute approximate surface area is 164 Å². The minimum Gasteiger partial charge on any atom is -0.445 e. The second kappa shape index (κ2) is 8.69. The fourth-order valence-corrected chi connectivity index (χ4v) is 3.36. The Balaban J connectivity index is 1.71. The van der Waals surface area contributed by atoms with Crippen molar-refractivity contribution in [3.8, 4) is 0 Å². The maximum absolute atomic E-state index is 13.2. The summed E-state index contributed by atoms with van der Waals surface area (Å²) in [6.07, 6.45) is 0.601. The maximum atomic E-state index is 13.2. The van der Waals surface area contributed by atoms with Crippen LogP contribution < -0.4 is 10.2 Å². The number of alkyl carbamates (subject to hydrolysis) is 1. The van der Waals surface area contributed by atoms with Crippen LogP contribution in [0.1, 0.15) is 25.0 Å². The molecule has 0 aromatic heterocycles. The van der Waals surface area contributed by atoms with Crippen LogP contribution in [0.15, 0.2) is 54.6 Å². The molecule has 28 heavy (non-hydrogen) atoms. The summed E-state index contributed by atoms with van der Waals surface area (Å²) in [5.41, 5.74) is 2.52. The molecule has 6 nitrogen and oxygen atoms in total. The molecule has 0 bridgehead atoms. The van der Waals surface area contributed by atoms with Crippen LogP contribution in [0.3, 0.4) is 0 Å². The van der Waals surface area contributed by atoms with Crippen molar-refractivity contribution in [2.75, 3.05) is 4.90 Å². The summed E-state index contributed by atoms with van der Waals surface area (Å²) < 4.78 is 5.25. The molecule has 6 heteroatoms. The first-order valence-electron chi connectivity index (χ1n) is 9.34. The first kappa shape index (κ1) is 19.6. The van der Waals surface area contributed by atoms with E-state index >= 15 is 0 Å². The zero-order valence-electron chi connectivity index (χ0n) is 16.0. The van der Waals surface area contributed by atoms with Crippen molar-refractivity contribution in [2.45, 2.75) is 39.0 Å². The number of rotatable bonds is 6. The minimum absolute atomic E-state index is 0.120. The summed E-state index contributed by atoms with van der Waals surface area (Å²) in [6.45, 7) is 3.81. The number of ether oxygens (including phenoxy) is 1. The SMILES string of the molecule is CC(C)C(NC(=O)OCc1ccccc1)C(=O)N1c2ccccc2CC1C=O. The Hall–Kier alpha value is -3.15. The maximum Gasteiger partial charge on any atom is 0.408 e. The number of carbonyl (C=O) groups excluding carboxylic acids is 3. The average Bonchev–Trinajstić information content (AvgIpc) is 3.09. The van der Waals surface area contributed by atoms with Gasteiger partial charge in [0.05, 0.1) is 6.04 Å². The van der Waals surface area contributed by atoms with Gasteiger partial charge in [0.15, 0.2) is 0 Å². The molecule has 0 spiro atoms. The lowest BCUT2D eigenvalue weighted by atomic mass is 10.0. The van der Waals surface area contributed by atoms with Gasteiger partial charge in [0, 0.05) is 12.1 Å². The van der Waals surface area contributed by atoms with E-state index < -0.39 is 18.2 Å². The highest BCUT2D eigenvalue weighted by atomic mass is 16.5. The van der Waals surface area contributed by atoms with Crippen molar-refractivity contribution in [2.24, 2.45) is 5.92 Å². The van der Waals surface area contributed by atoms with Gasteiger partial charge < -0.3 is 14.8 Å². The summed E-state index contributed by atoms with van der Waals surface area (Å²) in [4.78, 5) is 38.5. The molecule has 2 unspecified atom stereocenters. The molecule has 2 atom stereocenters. The third kappa shape index (κ3) is 4.22. The number of anilines is 1. The van der Waals surface area contributed by atoms with E-state index in [1.54, 1.807) is 0 Å². The highest BCUT2D eigenvalue weighted by Gasteiger charge is 2.38. The quantitative estimate of drug-likeness (QED) is 0.782. The first-order chi connectivity index (χ1) is 13.5. The molecule has 3 rings (SSSR count). The lowest BCUT2D eigenvalue weighted by Crippen LogP contribution is -2.53. The Morgan fingerprint density at radius 1 is 1.14 bits per heavy atom. The van der Waals surface area contributed by atoms with Gasteiger partial charge in [0.1, 0.15) is 18.9 Å². The molecule has 0 aliphatic carbocycles. The number of benzene rings is 2. The zero-order chi connectivity index (χ0) is 20.1. The van der Waals surface area contributed by atoms with E-state index in [0.717, 1.165) is 23.1 Å². The van der Waals surface area contributed by atoms with Crippen molar-refractivity contribution in [3.63, 3.8) is 0 Å². The van der Waals surface area contributed by atoms with Gasteiger partial charge in [-0.25, -0.2) is 4.79 Å². The predicted molar refractivity (Wildman–Crippen MR) is 106 cm³/mol. The van der Waals surface area contributed by atoms with Crippen molar-refractivity contribution in [1.82, 2.24) is 5.32 Å². The molecule has 0 saturated heterocycles. The molecule has 2 amide bonds. The summed E-state index contributed by atoms with van der Waals surface area (Å²) in [7, 11) is 0. The van der Waals surface area contributed by atoms with Gasteiger partial charge in [-0.05, 0) is 23.1 Å². The number of para-hydroxylation sites is 1. The largest absolute Gasteiger partial charge is 0.445 e. The molecular weight excluding hydrogens is 356 g/mol. The van der Waals surface area contributed by atoms with E-state index in [-0.39, 0.29) is 18.4 Å². The molecule has 2 aromatic carbocycles. The van der Waals surface area contributed by atoms with Gasteiger partial charge in [-0.15, -0.1) is 0 Å². The van der Waals surface area contributed by atoms with Crippen LogP contribution in [0.5, 0.6) is 0 Å². The molecule has 0 saturated carbocycles. The highest BCUT2D eigenvalue weighted by Crippen LogP contribution is 2.32. The zero-order valence-corrected chi connectivity index (χ0v) is 16.0. The van der Waals surface area contributed by atoms with Gasteiger partial charge in [-0.1, -0.05) is 62.4 Å². The van der Waals surface area contributed by atoms with Gasteiger partial charge >= 0.3 is 6.09 Å². The Bertz CT molecular complexity index is 851. The summed E-state index contributed by atoms with van der Waals surface area (Å²) in [5.74, 6) is -0.481. The molecule has 2 aromatic rings. The minimum atomic E-state index is -0.795. The van der Waals surface area contributed by atoms with Crippen LogP contribution in [-0.2, 0) is 27.4 Å². The molecule has 0 fully saturated rings. The van der Waals surface area contributed by atoms with Crippen LogP contribution in [0.4, 0.5) is 10.5 Å². The van der Waals surface area contributed by atoms with E-state index in [1.165, 1.54) is 4.90 Å². The number of nitrogens with one attached hydrogen (secondary N) is 1. The van der Waals surface area contributed by atoms with Crippen molar-refractivity contribution >= 4 is 24.0 Å². The third-order valence-corrected chi connectivity index (χ3v) is 4.83.